The van der Waals surface area contributed by atoms with Crippen molar-refractivity contribution in [3.05, 3.63) is 11.2 Å². The van der Waals surface area contributed by atoms with Gasteiger partial charge in [0.1, 0.15) is 11.6 Å². The SMILES string of the molecule is CCNCCOc1nc(OC)ncc1Cl. The van der Waals surface area contributed by atoms with E-state index in [1.165, 1.54) is 13.3 Å². The molecule has 0 saturated carbocycles. The molecule has 0 aliphatic rings. The maximum atomic E-state index is 5.84. The van der Waals surface area contributed by atoms with Crippen molar-refractivity contribution in [2.24, 2.45) is 0 Å². The summed E-state index contributed by atoms with van der Waals surface area (Å²) in [6.07, 6.45) is 1.45. The van der Waals surface area contributed by atoms with E-state index in [1.54, 1.807) is 0 Å². The van der Waals surface area contributed by atoms with E-state index in [0.29, 0.717) is 17.5 Å². The minimum Gasteiger partial charge on any atom is -0.475 e. The van der Waals surface area contributed by atoms with E-state index in [2.05, 4.69) is 15.3 Å². The number of nitrogens with one attached hydrogen (secondary N) is 1. The summed E-state index contributed by atoms with van der Waals surface area (Å²) in [5.41, 5.74) is 0. The van der Waals surface area contributed by atoms with E-state index < -0.39 is 0 Å². The molecule has 6 heteroatoms. The molecule has 0 fully saturated rings. The summed E-state index contributed by atoms with van der Waals surface area (Å²) in [5.74, 6) is 0.349. The second kappa shape index (κ2) is 6.42. The number of aromatic nitrogens is 2. The molecular formula is C9H14ClN3O2. The van der Waals surface area contributed by atoms with Crippen LogP contribution >= 0.6 is 11.6 Å². The van der Waals surface area contributed by atoms with Crippen LogP contribution in [0.1, 0.15) is 6.92 Å². The van der Waals surface area contributed by atoms with E-state index in [4.69, 9.17) is 21.1 Å². The molecule has 0 spiro atoms. The first-order valence-corrected chi connectivity index (χ1v) is 5.05. The van der Waals surface area contributed by atoms with Gasteiger partial charge in [-0.3, -0.25) is 0 Å². The zero-order valence-corrected chi connectivity index (χ0v) is 9.54. The maximum absolute atomic E-state index is 5.84. The molecule has 0 unspecified atom stereocenters. The van der Waals surface area contributed by atoms with Crippen LogP contribution in [0.3, 0.4) is 0 Å². The molecule has 84 valence electrons. The predicted octanol–water partition coefficient (Wildman–Crippen LogP) is 1.13. The smallest absolute Gasteiger partial charge is 0.319 e. The molecule has 0 aliphatic heterocycles. The Kier molecular flexibility index (Phi) is 5.14. The lowest BCUT2D eigenvalue weighted by atomic mass is 10.6. The minimum absolute atomic E-state index is 0.248. The Morgan fingerprint density at radius 3 is 3.00 bits per heavy atom. The molecule has 15 heavy (non-hydrogen) atoms. The number of hydrogen-bond acceptors (Lipinski definition) is 5. The number of nitrogens with zero attached hydrogens (tertiary/aromatic N) is 2. The fourth-order valence-corrected chi connectivity index (χ4v) is 1.08. The summed E-state index contributed by atoms with van der Waals surface area (Å²) in [5, 5.41) is 3.51. The Labute approximate surface area is 93.8 Å². The molecule has 1 aromatic rings. The van der Waals surface area contributed by atoms with Gasteiger partial charge < -0.3 is 14.8 Å². The van der Waals surface area contributed by atoms with Gasteiger partial charge in [0.05, 0.1) is 13.3 Å². The lowest BCUT2D eigenvalue weighted by Crippen LogP contribution is -2.20. The van der Waals surface area contributed by atoms with Gasteiger partial charge in [0.15, 0.2) is 0 Å². The van der Waals surface area contributed by atoms with Crippen LogP contribution < -0.4 is 14.8 Å². The first-order chi connectivity index (χ1) is 7.27. The fraction of sp³-hybridized carbons (Fsp3) is 0.556. The van der Waals surface area contributed by atoms with Crippen molar-refractivity contribution < 1.29 is 9.47 Å². The number of likely N-dealkylation sites (N-methyl/N-ethyl adjacent to an activating group) is 1. The molecule has 0 aliphatic carbocycles. The standard InChI is InChI=1S/C9H14ClN3O2/c1-3-11-4-5-15-8-7(10)6-12-9(13-8)14-2/h6,11H,3-5H2,1-2H3. The van der Waals surface area contributed by atoms with Crippen LogP contribution in [0.2, 0.25) is 5.02 Å². The highest BCUT2D eigenvalue weighted by Gasteiger charge is 2.06. The number of ether oxygens (including phenoxy) is 2. The minimum atomic E-state index is 0.248. The summed E-state index contributed by atoms with van der Waals surface area (Å²) in [7, 11) is 1.49. The predicted molar refractivity (Wildman–Crippen MR) is 57.6 cm³/mol. The highest BCUT2D eigenvalue weighted by molar-refractivity contribution is 6.31. The van der Waals surface area contributed by atoms with Gasteiger partial charge in [0, 0.05) is 6.54 Å². The first-order valence-electron chi connectivity index (χ1n) is 4.68. The fourth-order valence-electron chi connectivity index (χ4n) is 0.932. The van der Waals surface area contributed by atoms with Crippen LogP contribution in [0.4, 0.5) is 0 Å². The number of hydrogen-bond donors (Lipinski definition) is 1. The van der Waals surface area contributed by atoms with Crippen molar-refractivity contribution in [2.45, 2.75) is 6.92 Å². The molecule has 1 heterocycles. The van der Waals surface area contributed by atoms with Crippen LogP contribution in [0, 0.1) is 0 Å². The van der Waals surface area contributed by atoms with Crippen molar-refractivity contribution in [2.75, 3.05) is 26.8 Å². The van der Waals surface area contributed by atoms with E-state index in [-0.39, 0.29) is 6.01 Å². The quantitative estimate of drug-likeness (QED) is 0.744. The van der Waals surface area contributed by atoms with Crippen LogP contribution in [-0.4, -0.2) is 36.8 Å². The molecule has 0 aromatic carbocycles. The third-order valence-corrected chi connectivity index (χ3v) is 1.90. The van der Waals surface area contributed by atoms with Crippen LogP contribution in [0.5, 0.6) is 11.9 Å². The van der Waals surface area contributed by atoms with Gasteiger partial charge in [0.2, 0.25) is 5.88 Å². The van der Waals surface area contributed by atoms with Crippen molar-refractivity contribution in [3.8, 4) is 11.9 Å². The third-order valence-electron chi connectivity index (χ3n) is 1.64. The summed E-state index contributed by atoms with van der Waals surface area (Å²) in [4.78, 5) is 7.81. The van der Waals surface area contributed by atoms with Gasteiger partial charge in [-0.15, -0.1) is 0 Å². The summed E-state index contributed by atoms with van der Waals surface area (Å²) in [6.45, 7) is 4.19. The molecule has 1 aromatic heterocycles. The molecule has 0 saturated heterocycles. The monoisotopic (exact) mass is 231 g/mol. The van der Waals surface area contributed by atoms with Gasteiger partial charge >= 0.3 is 6.01 Å². The lowest BCUT2D eigenvalue weighted by Gasteiger charge is -2.07. The van der Waals surface area contributed by atoms with E-state index >= 15 is 0 Å². The van der Waals surface area contributed by atoms with Gasteiger partial charge in [-0.25, -0.2) is 4.98 Å². The highest BCUT2D eigenvalue weighted by atomic mass is 35.5. The average molecular weight is 232 g/mol. The Bertz CT molecular complexity index is 309. The summed E-state index contributed by atoms with van der Waals surface area (Å²) < 4.78 is 10.2. The second-order valence-corrected chi connectivity index (χ2v) is 3.12. The zero-order valence-electron chi connectivity index (χ0n) is 8.79. The Balaban J connectivity index is 2.51. The maximum Gasteiger partial charge on any atom is 0.319 e. The average Bonchev–Trinajstić information content (AvgIpc) is 2.26. The molecule has 0 atom stereocenters. The van der Waals surface area contributed by atoms with E-state index in [9.17, 15) is 0 Å². The van der Waals surface area contributed by atoms with Gasteiger partial charge in [-0.1, -0.05) is 18.5 Å². The second-order valence-electron chi connectivity index (χ2n) is 2.71. The van der Waals surface area contributed by atoms with Crippen molar-refractivity contribution in [1.29, 1.82) is 0 Å². The first kappa shape index (κ1) is 12.0. The van der Waals surface area contributed by atoms with Crippen molar-refractivity contribution >= 4 is 11.6 Å². The number of halogens is 1. The Morgan fingerprint density at radius 1 is 1.53 bits per heavy atom. The Hall–Kier alpha value is -1.07. The van der Waals surface area contributed by atoms with E-state index in [0.717, 1.165) is 13.1 Å². The van der Waals surface area contributed by atoms with Crippen LogP contribution in [0.25, 0.3) is 0 Å². The largest absolute Gasteiger partial charge is 0.475 e. The molecule has 0 amide bonds. The summed E-state index contributed by atoms with van der Waals surface area (Å²) in [6, 6.07) is 0.248. The molecule has 0 radical (unpaired) electrons. The Morgan fingerprint density at radius 2 is 2.33 bits per heavy atom. The number of rotatable bonds is 6. The van der Waals surface area contributed by atoms with E-state index in [1.807, 2.05) is 6.92 Å². The molecule has 0 bridgehead atoms. The topological polar surface area (TPSA) is 56.3 Å². The third kappa shape index (κ3) is 3.89. The highest BCUT2D eigenvalue weighted by Crippen LogP contribution is 2.22. The summed E-state index contributed by atoms with van der Waals surface area (Å²) >= 11 is 5.84. The van der Waals surface area contributed by atoms with Crippen LogP contribution in [0.15, 0.2) is 6.20 Å². The molecule has 1 N–H and O–H groups in total. The van der Waals surface area contributed by atoms with Gasteiger partial charge in [-0.05, 0) is 6.54 Å². The van der Waals surface area contributed by atoms with Crippen molar-refractivity contribution in [3.63, 3.8) is 0 Å². The van der Waals surface area contributed by atoms with Crippen LogP contribution in [-0.2, 0) is 0 Å². The van der Waals surface area contributed by atoms with Crippen molar-refractivity contribution in [1.82, 2.24) is 15.3 Å². The zero-order chi connectivity index (χ0) is 11.1. The molecular weight excluding hydrogens is 218 g/mol. The number of methoxy groups -OCH3 is 1. The van der Waals surface area contributed by atoms with Gasteiger partial charge in [-0.2, -0.15) is 4.98 Å². The lowest BCUT2D eigenvalue weighted by molar-refractivity contribution is 0.293. The van der Waals surface area contributed by atoms with Gasteiger partial charge in [0.25, 0.3) is 0 Å². The normalized spacial score (nSPS) is 10.1. The molecule has 5 nitrogen and oxygen atoms in total. The molecule has 1 rings (SSSR count).